The summed E-state index contributed by atoms with van der Waals surface area (Å²) in [4.78, 5) is 10.1. The highest BCUT2D eigenvalue weighted by Crippen LogP contribution is 2.16. The van der Waals surface area contributed by atoms with E-state index >= 15 is 0 Å². The smallest absolute Gasteiger partial charge is 0.0925 e. The number of nitrogens with zero attached hydrogens (tertiary/aromatic N) is 2. The minimum Gasteiger partial charge on any atom is -0.380 e. The van der Waals surface area contributed by atoms with Crippen LogP contribution in [-0.4, -0.2) is 53.8 Å². The number of H-pyrrole nitrogens is 1. The highest BCUT2D eigenvalue weighted by Gasteiger charge is 2.25. The van der Waals surface area contributed by atoms with Gasteiger partial charge in [-0.05, 0) is 19.4 Å². The number of hydrogen-bond donors (Lipinski definition) is 2. The number of hydrogen-bond acceptors (Lipinski definition) is 4. The van der Waals surface area contributed by atoms with Crippen LogP contribution in [0.15, 0.2) is 6.33 Å². The number of likely N-dealkylation sites (tertiary alicyclic amines) is 1. The monoisotopic (exact) mass is 250 g/mol. The molecule has 0 bridgehead atoms. The number of rotatable bonds is 3. The second-order valence-corrected chi connectivity index (χ2v) is 5.37. The predicted octanol–water partition coefficient (Wildman–Crippen LogP) is 0.535. The topological polar surface area (TPSA) is 53.2 Å². The number of nitrogens with one attached hydrogen (secondary N) is 2. The fraction of sp³-hybridized carbons (Fsp3) is 0.769. The fourth-order valence-corrected chi connectivity index (χ4v) is 3.04. The second kappa shape index (κ2) is 5.38. The number of imidazole rings is 1. The zero-order valence-electron chi connectivity index (χ0n) is 11.0. The van der Waals surface area contributed by atoms with E-state index in [1.165, 1.54) is 30.8 Å². The Morgan fingerprint density at radius 2 is 2.50 bits per heavy atom. The van der Waals surface area contributed by atoms with Gasteiger partial charge in [-0.25, -0.2) is 4.98 Å². The van der Waals surface area contributed by atoms with Gasteiger partial charge in [-0.3, -0.25) is 4.90 Å². The number of fused-ring (bicyclic) bond motifs is 1. The molecule has 0 radical (unpaired) electrons. The molecule has 0 amide bonds. The first-order chi connectivity index (χ1) is 8.85. The maximum Gasteiger partial charge on any atom is 0.0925 e. The van der Waals surface area contributed by atoms with Gasteiger partial charge in [0.25, 0.3) is 0 Å². The quantitative estimate of drug-likeness (QED) is 0.822. The number of piperidine rings is 1. The molecule has 5 heteroatoms. The van der Waals surface area contributed by atoms with Gasteiger partial charge >= 0.3 is 0 Å². The predicted molar refractivity (Wildman–Crippen MR) is 69.4 cm³/mol. The molecular formula is C13H22N4O. The van der Waals surface area contributed by atoms with Crippen LogP contribution in [0, 0.1) is 0 Å². The van der Waals surface area contributed by atoms with Gasteiger partial charge in [-0.1, -0.05) is 0 Å². The molecule has 3 heterocycles. The van der Waals surface area contributed by atoms with E-state index in [9.17, 15) is 0 Å². The lowest BCUT2D eigenvalue weighted by molar-refractivity contribution is 0.0277. The van der Waals surface area contributed by atoms with E-state index in [0.29, 0.717) is 12.1 Å². The number of aromatic nitrogens is 2. The van der Waals surface area contributed by atoms with Crippen molar-refractivity contribution in [2.24, 2.45) is 0 Å². The van der Waals surface area contributed by atoms with Crippen molar-refractivity contribution < 1.29 is 4.74 Å². The van der Waals surface area contributed by atoms with E-state index in [0.717, 1.165) is 26.1 Å². The maximum atomic E-state index is 5.47. The normalized spacial score (nSPS) is 29.2. The largest absolute Gasteiger partial charge is 0.380 e. The highest BCUT2D eigenvalue weighted by atomic mass is 16.5. The first-order valence-electron chi connectivity index (χ1n) is 6.85. The Morgan fingerprint density at radius 3 is 3.39 bits per heavy atom. The summed E-state index contributed by atoms with van der Waals surface area (Å²) in [6.07, 6.45) is 5.71. The second-order valence-electron chi connectivity index (χ2n) is 5.37. The Balaban J connectivity index is 1.54. The zero-order chi connectivity index (χ0) is 12.4. The minimum atomic E-state index is 0.420. The third-order valence-electron chi connectivity index (χ3n) is 4.09. The summed E-state index contributed by atoms with van der Waals surface area (Å²) in [6, 6.07) is 0.524. The van der Waals surface area contributed by atoms with E-state index in [1.807, 2.05) is 7.11 Å². The van der Waals surface area contributed by atoms with Crippen LogP contribution >= 0.6 is 0 Å². The average Bonchev–Trinajstić information content (AvgIpc) is 2.86. The van der Waals surface area contributed by atoms with Crippen molar-refractivity contribution in [3.8, 4) is 0 Å². The van der Waals surface area contributed by atoms with Crippen LogP contribution in [0.5, 0.6) is 0 Å². The van der Waals surface area contributed by atoms with Crippen molar-refractivity contribution in [1.29, 1.82) is 0 Å². The molecule has 0 saturated carbocycles. The summed E-state index contributed by atoms with van der Waals surface area (Å²) >= 11 is 0. The molecule has 2 N–H and O–H groups in total. The summed E-state index contributed by atoms with van der Waals surface area (Å²) < 4.78 is 5.47. The molecule has 18 heavy (non-hydrogen) atoms. The molecule has 2 aliphatic heterocycles. The van der Waals surface area contributed by atoms with Gasteiger partial charge < -0.3 is 15.0 Å². The lowest BCUT2D eigenvalue weighted by Gasteiger charge is -2.35. The molecule has 5 nitrogen and oxygen atoms in total. The lowest BCUT2D eigenvalue weighted by Crippen LogP contribution is -2.48. The summed E-state index contributed by atoms with van der Waals surface area (Å²) in [5.74, 6) is 0. The van der Waals surface area contributed by atoms with Crippen LogP contribution in [0.3, 0.4) is 0 Å². The molecule has 0 aliphatic carbocycles. The van der Waals surface area contributed by atoms with Crippen molar-refractivity contribution in [2.45, 2.75) is 38.0 Å². The average molecular weight is 250 g/mol. The molecule has 1 aromatic heterocycles. The van der Waals surface area contributed by atoms with Crippen LogP contribution in [-0.2, 0) is 17.7 Å². The number of methoxy groups -OCH3 is 1. The van der Waals surface area contributed by atoms with Crippen LogP contribution in [0.25, 0.3) is 0 Å². The highest BCUT2D eigenvalue weighted by molar-refractivity contribution is 5.16. The van der Waals surface area contributed by atoms with E-state index in [2.05, 4.69) is 20.2 Å². The van der Waals surface area contributed by atoms with Gasteiger partial charge in [-0.2, -0.15) is 0 Å². The van der Waals surface area contributed by atoms with Crippen LogP contribution in [0.1, 0.15) is 24.2 Å². The Hall–Kier alpha value is -0.910. The fourth-order valence-electron chi connectivity index (χ4n) is 3.04. The molecule has 100 valence electrons. The van der Waals surface area contributed by atoms with E-state index in [4.69, 9.17) is 4.74 Å². The molecule has 0 aromatic carbocycles. The number of ether oxygens (including phenoxy) is 1. The van der Waals surface area contributed by atoms with Crippen molar-refractivity contribution in [2.75, 3.05) is 26.7 Å². The van der Waals surface area contributed by atoms with Gasteiger partial charge in [-0.15, -0.1) is 0 Å². The minimum absolute atomic E-state index is 0.420. The summed E-state index contributed by atoms with van der Waals surface area (Å²) in [5, 5.41) is 3.59. The maximum absolute atomic E-state index is 5.47. The van der Waals surface area contributed by atoms with Gasteiger partial charge in [0.15, 0.2) is 0 Å². The van der Waals surface area contributed by atoms with Crippen LogP contribution < -0.4 is 5.32 Å². The molecule has 1 fully saturated rings. The molecule has 1 saturated heterocycles. The van der Waals surface area contributed by atoms with Crippen molar-refractivity contribution >= 4 is 0 Å². The Kier molecular flexibility index (Phi) is 3.63. The summed E-state index contributed by atoms with van der Waals surface area (Å²) in [6.45, 7) is 4.29. The van der Waals surface area contributed by atoms with Crippen LogP contribution in [0.2, 0.25) is 0 Å². The molecule has 2 unspecified atom stereocenters. The zero-order valence-corrected chi connectivity index (χ0v) is 11.0. The molecule has 1 aromatic rings. The first kappa shape index (κ1) is 12.1. The molecule has 2 atom stereocenters. The summed E-state index contributed by atoms with van der Waals surface area (Å²) in [5.41, 5.74) is 2.48. The standard InChI is InChI=1S/C13H22N4O/c1-18-11-3-2-4-17(8-11)7-10-5-12-13(6-14-10)16-9-15-12/h9-11,14H,2-8H2,1H3,(H,15,16). The third-order valence-corrected chi connectivity index (χ3v) is 4.09. The molecular weight excluding hydrogens is 228 g/mol. The number of aromatic amines is 1. The van der Waals surface area contributed by atoms with Crippen molar-refractivity contribution in [3.63, 3.8) is 0 Å². The Morgan fingerprint density at radius 1 is 1.56 bits per heavy atom. The van der Waals surface area contributed by atoms with Gasteiger partial charge in [0.2, 0.25) is 0 Å². The molecule has 3 rings (SSSR count). The summed E-state index contributed by atoms with van der Waals surface area (Å²) in [7, 11) is 1.82. The Labute approximate surface area is 108 Å². The van der Waals surface area contributed by atoms with E-state index < -0.39 is 0 Å². The van der Waals surface area contributed by atoms with E-state index in [-0.39, 0.29) is 0 Å². The first-order valence-corrected chi connectivity index (χ1v) is 6.85. The van der Waals surface area contributed by atoms with Crippen molar-refractivity contribution in [3.05, 3.63) is 17.7 Å². The lowest BCUT2D eigenvalue weighted by atomic mass is 10.0. The SMILES string of the molecule is COC1CCCN(CC2Cc3nc[nH]c3CN2)C1. The third kappa shape index (κ3) is 2.58. The van der Waals surface area contributed by atoms with Gasteiger partial charge in [0.05, 0.1) is 23.8 Å². The van der Waals surface area contributed by atoms with Crippen LogP contribution in [0.4, 0.5) is 0 Å². The van der Waals surface area contributed by atoms with Gasteiger partial charge in [0.1, 0.15) is 0 Å². The van der Waals surface area contributed by atoms with Gasteiger partial charge in [0, 0.05) is 39.2 Å². The Bertz CT molecular complexity index is 392. The van der Waals surface area contributed by atoms with E-state index in [1.54, 1.807) is 6.33 Å². The van der Waals surface area contributed by atoms with Crippen molar-refractivity contribution in [1.82, 2.24) is 20.2 Å². The molecule has 2 aliphatic rings. The molecule has 0 spiro atoms.